The largest absolute Gasteiger partial charge is 1.00 e. The highest BCUT2D eigenvalue weighted by atomic mass is 127. The Labute approximate surface area is 155 Å². The highest BCUT2D eigenvalue weighted by molar-refractivity contribution is 5.89. The molecule has 5 heteroatoms. The molecule has 23 heavy (non-hydrogen) atoms. The first-order valence-electron chi connectivity index (χ1n) is 8.18. The number of esters is 1. The number of likely N-dealkylation sites (N-methyl/N-ethyl adjacent to an activating group) is 1. The van der Waals surface area contributed by atoms with Gasteiger partial charge in [0.2, 0.25) is 0 Å². The standard InChI is InChI=1S/C18H27FNO2.HI/c1-14(13-20(2,3)15-9-5-4-6-10-15)22-18(21)16-11-7-8-12-17(16)19;/h7-8,11-12,14-15H,4-6,9-10,13H2,1-3H3;1H/q+1;/p-1. The van der Waals surface area contributed by atoms with Crippen molar-refractivity contribution in [3.8, 4) is 0 Å². The molecule has 0 heterocycles. The molecular weight excluding hydrogens is 408 g/mol. The van der Waals surface area contributed by atoms with Crippen molar-refractivity contribution in [2.75, 3.05) is 20.6 Å². The highest BCUT2D eigenvalue weighted by Gasteiger charge is 2.32. The van der Waals surface area contributed by atoms with E-state index in [1.54, 1.807) is 12.1 Å². The number of rotatable bonds is 5. The zero-order valence-electron chi connectivity index (χ0n) is 14.2. The lowest BCUT2D eigenvalue weighted by molar-refractivity contribution is -0.918. The van der Waals surface area contributed by atoms with E-state index in [1.807, 2.05) is 6.92 Å². The summed E-state index contributed by atoms with van der Waals surface area (Å²) >= 11 is 0. The second-order valence-electron chi connectivity index (χ2n) is 6.95. The topological polar surface area (TPSA) is 26.3 Å². The molecule has 1 aromatic rings. The van der Waals surface area contributed by atoms with E-state index in [1.165, 1.54) is 44.2 Å². The molecule has 0 spiro atoms. The van der Waals surface area contributed by atoms with Crippen LogP contribution in [0.5, 0.6) is 0 Å². The summed E-state index contributed by atoms with van der Waals surface area (Å²) in [5, 5.41) is 0. The highest BCUT2D eigenvalue weighted by Crippen LogP contribution is 2.26. The second kappa shape index (κ2) is 8.97. The van der Waals surface area contributed by atoms with Crippen LogP contribution >= 0.6 is 0 Å². The number of benzene rings is 1. The average molecular weight is 435 g/mol. The third-order valence-electron chi connectivity index (χ3n) is 4.69. The Kier molecular flexibility index (Phi) is 7.94. The molecule has 1 aliphatic carbocycles. The zero-order chi connectivity index (χ0) is 16.2. The predicted octanol–water partition coefficient (Wildman–Crippen LogP) is 0.784. The zero-order valence-corrected chi connectivity index (χ0v) is 16.4. The molecule has 1 saturated carbocycles. The van der Waals surface area contributed by atoms with Crippen LogP contribution < -0.4 is 24.0 Å². The molecule has 0 amide bonds. The number of ether oxygens (including phenoxy) is 1. The lowest BCUT2D eigenvalue weighted by Gasteiger charge is -2.41. The molecule has 3 nitrogen and oxygen atoms in total. The van der Waals surface area contributed by atoms with Crippen LogP contribution in [-0.2, 0) is 4.74 Å². The van der Waals surface area contributed by atoms with E-state index < -0.39 is 11.8 Å². The van der Waals surface area contributed by atoms with Crippen LogP contribution in [0.15, 0.2) is 24.3 Å². The van der Waals surface area contributed by atoms with Crippen molar-refractivity contribution in [2.45, 2.75) is 51.2 Å². The fourth-order valence-electron chi connectivity index (χ4n) is 3.50. The number of hydrogen-bond acceptors (Lipinski definition) is 2. The van der Waals surface area contributed by atoms with Gasteiger partial charge in [-0.3, -0.25) is 0 Å². The molecule has 1 aliphatic rings. The SMILES string of the molecule is CC(C[N+](C)(C)C1CCCCC1)OC(=O)c1ccccc1F.[I-]. The number of hydrogen-bond donors (Lipinski definition) is 0. The third-order valence-corrected chi connectivity index (χ3v) is 4.69. The molecule has 1 unspecified atom stereocenters. The summed E-state index contributed by atoms with van der Waals surface area (Å²) in [6.45, 7) is 2.65. The van der Waals surface area contributed by atoms with E-state index in [2.05, 4.69) is 14.1 Å². The van der Waals surface area contributed by atoms with Crippen molar-refractivity contribution in [2.24, 2.45) is 0 Å². The molecule has 0 radical (unpaired) electrons. The molecule has 0 saturated heterocycles. The molecular formula is C18H27FINO2. The van der Waals surface area contributed by atoms with Crippen molar-refractivity contribution in [3.63, 3.8) is 0 Å². The van der Waals surface area contributed by atoms with Crippen molar-refractivity contribution in [3.05, 3.63) is 35.6 Å². The quantitative estimate of drug-likeness (QED) is 0.389. The Morgan fingerprint density at radius 2 is 1.87 bits per heavy atom. The van der Waals surface area contributed by atoms with Crippen LogP contribution in [0.4, 0.5) is 4.39 Å². The smallest absolute Gasteiger partial charge is 0.341 e. The number of nitrogens with zero attached hydrogens (tertiary/aromatic N) is 1. The number of quaternary nitrogens is 1. The first-order chi connectivity index (χ1) is 10.4. The van der Waals surface area contributed by atoms with Gasteiger partial charge < -0.3 is 33.2 Å². The third kappa shape index (κ3) is 5.71. The molecule has 0 bridgehead atoms. The van der Waals surface area contributed by atoms with Gasteiger partial charge in [0.1, 0.15) is 18.5 Å². The van der Waals surface area contributed by atoms with Gasteiger partial charge in [-0.05, 0) is 44.7 Å². The summed E-state index contributed by atoms with van der Waals surface area (Å²) in [7, 11) is 4.40. The van der Waals surface area contributed by atoms with E-state index in [-0.39, 0.29) is 35.6 Å². The molecule has 0 aromatic heterocycles. The number of carbonyl (C=O) groups excluding carboxylic acids is 1. The van der Waals surface area contributed by atoms with Crippen LogP contribution in [0.2, 0.25) is 0 Å². The Morgan fingerprint density at radius 1 is 1.26 bits per heavy atom. The molecule has 1 aromatic carbocycles. The molecule has 1 atom stereocenters. The summed E-state index contributed by atoms with van der Waals surface area (Å²) in [5.41, 5.74) is 0.0114. The molecule has 1 fully saturated rings. The van der Waals surface area contributed by atoms with Gasteiger partial charge in [-0.25, -0.2) is 9.18 Å². The van der Waals surface area contributed by atoms with Crippen LogP contribution in [0.3, 0.4) is 0 Å². The van der Waals surface area contributed by atoms with Crippen molar-refractivity contribution in [1.29, 1.82) is 0 Å². The number of carbonyl (C=O) groups is 1. The number of halogens is 2. The predicted molar refractivity (Wildman–Crippen MR) is 85.1 cm³/mol. The Morgan fingerprint density at radius 3 is 2.48 bits per heavy atom. The van der Waals surface area contributed by atoms with Gasteiger partial charge in [0.05, 0.1) is 25.7 Å². The first-order valence-corrected chi connectivity index (χ1v) is 8.18. The molecule has 0 N–H and O–H groups in total. The van der Waals surface area contributed by atoms with E-state index in [9.17, 15) is 9.18 Å². The van der Waals surface area contributed by atoms with Crippen molar-refractivity contribution < 1.29 is 42.4 Å². The molecule has 0 aliphatic heterocycles. The maximum absolute atomic E-state index is 13.6. The lowest BCUT2D eigenvalue weighted by atomic mass is 9.93. The minimum absolute atomic E-state index is 0. The summed E-state index contributed by atoms with van der Waals surface area (Å²) in [6.07, 6.45) is 6.14. The Bertz CT molecular complexity index is 515. The van der Waals surface area contributed by atoms with Gasteiger partial charge in [-0.2, -0.15) is 0 Å². The van der Waals surface area contributed by atoms with Gasteiger partial charge in [0.15, 0.2) is 0 Å². The van der Waals surface area contributed by atoms with Crippen LogP contribution in [-0.4, -0.2) is 43.2 Å². The fraction of sp³-hybridized carbons (Fsp3) is 0.611. The van der Waals surface area contributed by atoms with Gasteiger partial charge in [-0.1, -0.05) is 18.6 Å². The maximum atomic E-state index is 13.6. The Balaban J connectivity index is 0.00000264. The minimum Gasteiger partial charge on any atom is -1.00 e. The second-order valence-corrected chi connectivity index (χ2v) is 6.95. The van der Waals surface area contributed by atoms with E-state index >= 15 is 0 Å². The fourth-order valence-corrected chi connectivity index (χ4v) is 3.50. The van der Waals surface area contributed by atoms with E-state index in [4.69, 9.17) is 4.74 Å². The average Bonchev–Trinajstić information content (AvgIpc) is 2.47. The monoisotopic (exact) mass is 435 g/mol. The van der Waals surface area contributed by atoms with Crippen LogP contribution in [0.1, 0.15) is 49.4 Å². The lowest BCUT2D eigenvalue weighted by Crippen LogP contribution is -3.00. The van der Waals surface area contributed by atoms with E-state index in [0.29, 0.717) is 6.04 Å². The minimum atomic E-state index is -0.575. The Hall–Kier alpha value is -0.690. The van der Waals surface area contributed by atoms with Gasteiger partial charge >= 0.3 is 5.97 Å². The van der Waals surface area contributed by atoms with Gasteiger partial charge in [-0.15, -0.1) is 0 Å². The summed E-state index contributed by atoms with van der Waals surface area (Å²) in [5.74, 6) is -1.10. The van der Waals surface area contributed by atoms with Crippen LogP contribution in [0.25, 0.3) is 0 Å². The van der Waals surface area contributed by atoms with Crippen molar-refractivity contribution >= 4 is 5.97 Å². The molecule has 130 valence electrons. The van der Waals surface area contributed by atoms with Crippen LogP contribution in [0, 0.1) is 5.82 Å². The molecule has 2 rings (SSSR count). The summed E-state index contributed by atoms with van der Waals surface area (Å²) in [4.78, 5) is 12.1. The van der Waals surface area contributed by atoms with Gasteiger partial charge in [0, 0.05) is 0 Å². The maximum Gasteiger partial charge on any atom is 0.341 e. The van der Waals surface area contributed by atoms with Gasteiger partial charge in [0.25, 0.3) is 0 Å². The van der Waals surface area contributed by atoms with Crippen molar-refractivity contribution in [1.82, 2.24) is 0 Å². The van der Waals surface area contributed by atoms with E-state index in [0.717, 1.165) is 11.0 Å². The first kappa shape index (κ1) is 20.4. The normalized spacial score (nSPS) is 17.2. The summed E-state index contributed by atoms with van der Waals surface area (Å²) in [6, 6.07) is 6.59. The summed E-state index contributed by atoms with van der Waals surface area (Å²) < 4.78 is 19.9.